The van der Waals surface area contributed by atoms with Gasteiger partial charge in [0.15, 0.2) is 0 Å². The Balaban J connectivity index is 1.87. The molecule has 3 heterocycles. The number of nitrogens with one attached hydrogen (secondary N) is 2. The first-order chi connectivity index (χ1) is 5.95. The summed E-state index contributed by atoms with van der Waals surface area (Å²) < 4.78 is 0. The molecule has 0 spiro atoms. The monoisotopic (exact) mass is 185 g/mol. The largest absolute Gasteiger partial charge is 0.309 e. The van der Waals surface area contributed by atoms with E-state index in [1.54, 1.807) is 11.9 Å². The molecule has 0 aromatic carbocycles. The molecule has 66 valence electrons. The summed E-state index contributed by atoms with van der Waals surface area (Å²) in [6, 6.07) is 0. The zero-order valence-electron chi connectivity index (χ0n) is 6.66. The zero-order valence-corrected chi connectivity index (χ0v) is 7.47. The van der Waals surface area contributed by atoms with Gasteiger partial charge in [-0.3, -0.25) is 10.0 Å². The molecule has 3 aliphatic rings. The van der Waals surface area contributed by atoms with Crippen molar-refractivity contribution < 1.29 is 0 Å². The average Bonchev–Trinajstić information content (AvgIpc) is 2.62. The Kier molecular flexibility index (Phi) is 1.48. The maximum Gasteiger partial charge on any atom is 0.0984 e. The van der Waals surface area contributed by atoms with E-state index in [9.17, 15) is 0 Å². The van der Waals surface area contributed by atoms with Crippen LogP contribution in [0.4, 0.5) is 0 Å². The van der Waals surface area contributed by atoms with Crippen molar-refractivity contribution in [3.63, 3.8) is 0 Å². The zero-order chi connectivity index (χ0) is 7.97. The molecule has 0 bridgehead atoms. The van der Waals surface area contributed by atoms with Gasteiger partial charge in [0, 0.05) is 19.3 Å². The van der Waals surface area contributed by atoms with Gasteiger partial charge in [0.1, 0.15) is 0 Å². The van der Waals surface area contributed by atoms with Crippen LogP contribution in [0.2, 0.25) is 0 Å². The highest BCUT2D eigenvalue weighted by atomic mass is 32.2. The van der Waals surface area contributed by atoms with E-state index in [1.807, 2.05) is 0 Å². The van der Waals surface area contributed by atoms with Crippen LogP contribution >= 0.6 is 11.9 Å². The second-order valence-corrected chi connectivity index (χ2v) is 3.74. The minimum Gasteiger partial charge on any atom is -0.309 e. The van der Waals surface area contributed by atoms with Crippen molar-refractivity contribution in [1.29, 1.82) is 0 Å². The second kappa shape index (κ2) is 2.53. The number of hydrazine groups is 3. The normalized spacial score (nSPS) is 28.8. The molecule has 2 N–H and O–H groups in total. The standard InChI is InChI=1S/C6H11N5S/c1-2-10-6(3-7-1)4-9-5-12-8-11(9)10/h4,7-8H,1-3,5H2. The summed E-state index contributed by atoms with van der Waals surface area (Å²) >= 11 is 1.72. The minimum atomic E-state index is 0.985. The van der Waals surface area contributed by atoms with Gasteiger partial charge in [0.05, 0.1) is 18.1 Å². The summed E-state index contributed by atoms with van der Waals surface area (Å²) in [7, 11) is 0. The molecule has 3 rings (SSSR count). The molecule has 0 unspecified atom stereocenters. The van der Waals surface area contributed by atoms with Crippen molar-refractivity contribution in [2.75, 3.05) is 25.5 Å². The van der Waals surface area contributed by atoms with Gasteiger partial charge in [-0.25, -0.2) is 0 Å². The van der Waals surface area contributed by atoms with E-state index < -0.39 is 0 Å². The number of hydrogen-bond acceptors (Lipinski definition) is 6. The van der Waals surface area contributed by atoms with E-state index >= 15 is 0 Å². The summed E-state index contributed by atoms with van der Waals surface area (Å²) in [6.07, 6.45) is 2.19. The SMILES string of the molecule is C1=C2CNCCN2N2NSCN12. The molecule has 3 aliphatic heterocycles. The predicted molar refractivity (Wildman–Crippen MR) is 46.9 cm³/mol. The van der Waals surface area contributed by atoms with Crippen LogP contribution in [0.5, 0.6) is 0 Å². The minimum absolute atomic E-state index is 0.985. The first-order valence-corrected chi connectivity index (χ1v) is 5.07. The average molecular weight is 185 g/mol. The maximum atomic E-state index is 3.35. The lowest BCUT2D eigenvalue weighted by atomic mass is 10.3. The molecular weight excluding hydrogens is 174 g/mol. The molecule has 0 aromatic heterocycles. The lowest BCUT2D eigenvalue weighted by Gasteiger charge is -2.33. The molecule has 0 aromatic rings. The van der Waals surface area contributed by atoms with Gasteiger partial charge in [-0.05, 0) is 17.2 Å². The van der Waals surface area contributed by atoms with Crippen LogP contribution in [0.1, 0.15) is 0 Å². The molecule has 2 fully saturated rings. The van der Waals surface area contributed by atoms with Crippen LogP contribution in [-0.4, -0.2) is 40.8 Å². The summed E-state index contributed by atoms with van der Waals surface area (Å²) in [6.45, 7) is 3.10. The van der Waals surface area contributed by atoms with Crippen molar-refractivity contribution in [1.82, 2.24) is 25.4 Å². The fourth-order valence-electron chi connectivity index (χ4n) is 1.68. The van der Waals surface area contributed by atoms with Gasteiger partial charge in [-0.1, -0.05) is 0 Å². The fraction of sp³-hybridized carbons (Fsp3) is 0.667. The van der Waals surface area contributed by atoms with E-state index in [2.05, 4.69) is 31.6 Å². The molecule has 0 aliphatic carbocycles. The molecule has 0 radical (unpaired) electrons. The number of piperazine rings is 1. The molecule has 12 heavy (non-hydrogen) atoms. The Labute approximate surface area is 75.4 Å². The number of rotatable bonds is 0. The lowest BCUT2D eigenvalue weighted by Crippen LogP contribution is -2.51. The van der Waals surface area contributed by atoms with Gasteiger partial charge < -0.3 is 5.32 Å². The Morgan fingerprint density at radius 1 is 1.50 bits per heavy atom. The van der Waals surface area contributed by atoms with E-state index in [-0.39, 0.29) is 0 Å². The third-order valence-electron chi connectivity index (χ3n) is 2.25. The van der Waals surface area contributed by atoms with Crippen LogP contribution in [0.25, 0.3) is 0 Å². The molecule has 6 heteroatoms. The van der Waals surface area contributed by atoms with Crippen LogP contribution in [0.15, 0.2) is 11.9 Å². The first-order valence-electron chi connectivity index (χ1n) is 4.08. The molecule has 0 atom stereocenters. The van der Waals surface area contributed by atoms with E-state index in [1.165, 1.54) is 5.70 Å². The Bertz CT molecular complexity index is 230. The van der Waals surface area contributed by atoms with Gasteiger partial charge in [-0.15, -0.1) is 0 Å². The van der Waals surface area contributed by atoms with Crippen LogP contribution in [0, 0.1) is 0 Å². The summed E-state index contributed by atoms with van der Waals surface area (Å²) in [5.74, 6) is 1.00. The quantitative estimate of drug-likeness (QED) is 0.486. The fourth-order valence-corrected chi connectivity index (χ4v) is 2.37. The van der Waals surface area contributed by atoms with Gasteiger partial charge in [-0.2, -0.15) is 4.83 Å². The Morgan fingerprint density at radius 2 is 2.50 bits per heavy atom. The highest BCUT2D eigenvalue weighted by Gasteiger charge is 2.34. The number of hydrogen-bond donors (Lipinski definition) is 2. The van der Waals surface area contributed by atoms with Gasteiger partial charge in [0.2, 0.25) is 0 Å². The highest BCUT2D eigenvalue weighted by molar-refractivity contribution is 7.97. The summed E-state index contributed by atoms with van der Waals surface area (Å²) in [5.41, 5.74) is 1.36. The Morgan fingerprint density at radius 3 is 3.50 bits per heavy atom. The maximum absolute atomic E-state index is 3.35. The van der Waals surface area contributed by atoms with Gasteiger partial charge in [0.25, 0.3) is 0 Å². The van der Waals surface area contributed by atoms with E-state index in [0.717, 1.165) is 25.5 Å². The van der Waals surface area contributed by atoms with Crippen LogP contribution in [-0.2, 0) is 0 Å². The third-order valence-corrected chi connectivity index (χ3v) is 2.94. The van der Waals surface area contributed by atoms with Gasteiger partial charge >= 0.3 is 0 Å². The third kappa shape index (κ3) is 0.861. The summed E-state index contributed by atoms with van der Waals surface area (Å²) in [5, 5.41) is 9.89. The highest BCUT2D eigenvalue weighted by Crippen LogP contribution is 2.27. The number of nitrogens with zero attached hydrogens (tertiary/aromatic N) is 3. The predicted octanol–water partition coefficient (Wildman–Crippen LogP) is -0.696. The van der Waals surface area contributed by atoms with Crippen molar-refractivity contribution in [2.45, 2.75) is 0 Å². The van der Waals surface area contributed by atoms with Crippen molar-refractivity contribution >= 4 is 11.9 Å². The van der Waals surface area contributed by atoms with E-state index in [4.69, 9.17) is 0 Å². The summed E-state index contributed by atoms with van der Waals surface area (Å²) in [4.78, 5) is 3.24. The lowest BCUT2D eigenvalue weighted by molar-refractivity contribution is -0.115. The smallest absolute Gasteiger partial charge is 0.0984 e. The van der Waals surface area contributed by atoms with E-state index in [0.29, 0.717) is 0 Å². The molecular formula is C6H11N5S. The second-order valence-electron chi connectivity index (χ2n) is 3.01. The van der Waals surface area contributed by atoms with Crippen molar-refractivity contribution in [3.8, 4) is 0 Å². The van der Waals surface area contributed by atoms with Crippen molar-refractivity contribution in [2.24, 2.45) is 0 Å². The molecule has 5 nitrogen and oxygen atoms in total. The molecule has 0 amide bonds. The first kappa shape index (κ1) is 7.02. The topological polar surface area (TPSA) is 33.8 Å². The van der Waals surface area contributed by atoms with Crippen molar-refractivity contribution in [3.05, 3.63) is 11.9 Å². The van der Waals surface area contributed by atoms with Crippen LogP contribution < -0.4 is 10.1 Å². The molecule has 2 saturated heterocycles. The van der Waals surface area contributed by atoms with Crippen LogP contribution in [0.3, 0.4) is 0 Å². The number of fused-ring (bicyclic) bond motifs is 3. The Hall–Kier alpha value is -0.430. The molecule has 0 saturated carbocycles.